The van der Waals surface area contributed by atoms with E-state index >= 15 is 0 Å². The Morgan fingerprint density at radius 1 is 1.26 bits per heavy atom. The first-order valence-corrected chi connectivity index (χ1v) is 10.2. The van der Waals surface area contributed by atoms with Crippen LogP contribution in [-0.4, -0.2) is 31.1 Å². The van der Waals surface area contributed by atoms with Crippen molar-refractivity contribution >= 4 is 28.2 Å². The van der Waals surface area contributed by atoms with E-state index in [1.807, 2.05) is 18.2 Å². The number of piperidine rings is 1. The third-order valence-corrected chi connectivity index (χ3v) is 5.79. The van der Waals surface area contributed by atoms with E-state index in [1.165, 1.54) is 6.07 Å². The highest BCUT2D eigenvalue weighted by Gasteiger charge is 2.27. The molecule has 158 valence electrons. The smallest absolute Gasteiger partial charge is 0.227 e. The first-order chi connectivity index (χ1) is 15.0. The number of nitrogens with zero attached hydrogens (tertiary/aromatic N) is 3. The lowest BCUT2D eigenvalue weighted by atomic mass is 9.94. The second-order valence-corrected chi connectivity index (χ2v) is 7.73. The van der Waals surface area contributed by atoms with Crippen LogP contribution in [0.2, 0.25) is 0 Å². The Labute approximate surface area is 180 Å². The number of ether oxygens (including phenoxy) is 1. The number of methoxy groups -OCH3 is 1. The first-order valence-electron chi connectivity index (χ1n) is 10.2. The molecule has 4 rings (SSSR count). The molecule has 0 radical (unpaired) electrons. The van der Waals surface area contributed by atoms with Gasteiger partial charge in [-0.2, -0.15) is 5.26 Å². The summed E-state index contributed by atoms with van der Waals surface area (Å²) in [5, 5.41) is 13.3. The van der Waals surface area contributed by atoms with Crippen LogP contribution in [0.5, 0.6) is 5.75 Å². The van der Waals surface area contributed by atoms with Crippen LogP contribution in [0.25, 0.3) is 10.9 Å². The van der Waals surface area contributed by atoms with Gasteiger partial charge in [0.25, 0.3) is 0 Å². The zero-order chi connectivity index (χ0) is 22.0. The highest BCUT2D eigenvalue weighted by Crippen LogP contribution is 2.34. The second kappa shape index (κ2) is 8.60. The van der Waals surface area contributed by atoms with E-state index in [0.29, 0.717) is 48.5 Å². The van der Waals surface area contributed by atoms with Gasteiger partial charge >= 0.3 is 0 Å². The Morgan fingerprint density at radius 3 is 2.71 bits per heavy atom. The molecule has 2 heterocycles. The van der Waals surface area contributed by atoms with E-state index in [2.05, 4.69) is 21.3 Å². The molecule has 0 aliphatic carbocycles. The summed E-state index contributed by atoms with van der Waals surface area (Å²) in [6, 6.07) is 12.6. The minimum atomic E-state index is -0.335. The van der Waals surface area contributed by atoms with Crippen molar-refractivity contribution in [3.05, 3.63) is 59.5 Å². The molecule has 0 bridgehead atoms. The number of nitrogens with one attached hydrogen (secondary N) is 1. The van der Waals surface area contributed by atoms with Crippen molar-refractivity contribution in [2.24, 2.45) is 5.92 Å². The minimum absolute atomic E-state index is 0.104. The predicted octanol–water partition coefficient (Wildman–Crippen LogP) is 4.42. The van der Waals surface area contributed by atoms with Gasteiger partial charge < -0.3 is 15.0 Å². The van der Waals surface area contributed by atoms with E-state index in [1.54, 1.807) is 32.4 Å². The highest BCUT2D eigenvalue weighted by atomic mass is 19.1. The summed E-state index contributed by atoms with van der Waals surface area (Å²) in [5.74, 6) is 0.100. The highest BCUT2D eigenvalue weighted by molar-refractivity contribution is 5.96. The van der Waals surface area contributed by atoms with Crippen molar-refractivity contribution in [3.63, 3.8) is 0 Å². The maximum Gasteiger partial charge on any atom is 0.227 e. The Balaban J connectivity index is 1.50. The lowest BCUT2D eigenvalue weighted by molar-refractivity contribution is -0.120. The molecule has 2 aromatic carbocycles. The van der Waals surface area contributed by atoms with Crippen molar-refractivity contribution in [3.8, 4) is 11.8 Å². The van der Waals surface area contributed by atoms with E-state index in [9.17, 15) is 14.4 Å². The number of benzene rings is 2. The van der Waals surface area contributed by atoms with E-state index in [0.717, 1.165) is 16.6 Å². The monoisotopic (exact) mass is 418 g/mol. The molecule has 6 nitrogen and oxygen atoms in total. The zero-order valence-corrected chi connectivity index (χ0v) is 17.5. The van der Waals surface area contributed by atoms with Gasteiger partial charge in [0.2, 0.25) is 5.91 Å². The van der Waals surface area contributed by atoms with Gasteiger partial charge in [-0.25, -0.2) is 4.39 Å². The molecule has 1 aromatic heterocycles. The largest absolute Gasteiger partial charge is 0.497 e. The van der Waals surface area contributed by atoms with Gasteiger partial charge in [-0.05, 0) is 49.6 Å². The van der Waals surface area contributed by atoms with Crippen molar-refractivity contribution in [1.82, 2.24) is 4.98 Å². The molecule has 31 heavy (non-hydrogen) atoms. The minimum Gasteiger partial charge on any atom is -0.497 e. The van der Waals surface area contributed by atoms with Crippen molar-refractivity contribution < 1.29 is 13.9 Å². The van der Waals surface area contributed by atoms with E-state index < -0.39 is 0 Å². The maximum atomic E-state index is 13.8. The van der Waals surface area contributed by atoms with Crippen LogP contribution in [-0.2, 0) is 4.79 Å². The number of hydrogen-bond donors (Lipinski definition) is 1. The third-order valence-electron chi connectivity index (χ3n) is 5.79. The number of aromatic nitrogens is 1. The van der Waals surface area contributed by atoms with Gasteiger partial charge in [0.1, 0.15) is 17.6 Å². The third kappa shape index (κ3) is 4.15. The van der Waals surface area contributed by atoms with Crippen LogP contribution in [0.4, 0.5) is 15.8 Å². The van der Waals surface area contributed by atoms with E-state index in [4.69, 9.17) is 4.74 Å². The molecular weight excluding hydrogens is 395 g/mol. The molecule has 1 saturated heterocycles. The van der Waals surface area contributed by atoms with Crippen LogP contribution in [0, 0.1) is 30.0 Å². The number of hydrogen-bond acceptors (Lipinski definition) is 5. The van der Waals surface area contributed by atoms with Gasteiger partial charge in [0.05, 0.1) is 23.9 Å². The molecule has 3 aromatic rings. The summed E-state index contributed by atoms with van der Waals surface area (Å²) >= 11 is 0. The number of amides is 1. The molecule has 0 unspecified atom stereocenters. The fourth-order valence-electron chi connectivity index (χ4n) is 3.99. The Hall–Kier alpha value is -3.66. The second-order valence-electron chi connectivity index (χ2n) is 7.73. The number of halogens is 1. The Kier molecular flexibility index (Phi) is 5.72. The number of pyridine rings is 1. The molecule has 1 aliphatic rings. The number of fused-ring (bicyclic) bond motifs is 1. The van der Waals surface area contributed by atoms with Crippen molar-refractivity contribution in [2.75, 3.05) is 30.4 Å². The molecule has 0 saturated carbocycles. The molecule has 0 spiro atoms. The summed E-state index contributed by atoms with van der Waals surface area (Å²) in [6.07, 6.45) is 2.87. The maximum absolute atomic E-state index is 13.8. The van der Waals surface area contributed by atoms with Crippen molar-refractivity contribution in [2.45, 2.75) is 19.8 Å². The van der Waals surface area contributed by atoms with Gasteiger partial charge in [-0.1, -0.05) is 6.07 Å². The number of carbonyl (C=O) groups excluding carboxylic acids is 1. The van der Waals surface area contributed by atoms with Crippen molar-refractivity contribution in [1.29, 1.82) is 5.26 Å². The van der Waals surface area contributed by atoms with Crippen LogP contribution >= 0.6 is 0 Å². The molecule has 1 fully saturated rings. The molecular formula is C24H23FN4O2. The summed E-state index contributed by atoms with van der Waals surface area (Å²) in [4.78, 5) is 19.2. The lowest BCUT2D eigenvalue weighted by Gasteiger charge is -2.34. The standard InChI is InChI=1S/C24H23FN4O2/c1-15-3-4-18(11-21(15)25)28-24(30)16-7-9-29(10-8-16)23-17(13-26)14-27-22-12-19(31-2)5-6-20(22)23/h3-6,11-12,14,16H,7-10H2,1-2H3,(H,28,30). The average Bonchev–Trinajstić information content (AvgIpc) is 2.80. The van der Waals surface area contributed by atoms with Gasteiger partial charge in [0.15, 0.2) is 0 Å². The van der Waals surface area contributed by atoms with Gasteiger partial charge in [0, 0.05) is 42.3 Å². The summed E-state index contributed by atoms with van der Waals surface area (Å²) < 4.78 is 19.0. The fraction of sp³-hybridized carbons (Fsp3) is 0.292. The number of nitriles is 1. The fourth-order valence-corrected chi connectivity index (χ4v) is 3.99. The van der Waals surface area contributed by atoms with Crippen LogP contribution in [0.1, 0.15) is 24.0 Å². The predicted molar refractivity (Wildman–Crippen MR) is 118 cm³/mol. The zero-order valence-electron chi connectivity index (χ0n) is 17.5. The Bertz CT molecular complexity index is 1180. The average molecular weight is 418 g/mol. The SMILES string of the molecule is COc1ccc2c(N3CCC(C(=O)Nc4ccc(C)c(F)c4)CC3)c(C#N)cnc2c1. The number of aryl methyl sites for hydroxylation is 1. The lowest BCUT2D eigenvalue weighted by Crippen LogP contribution is -2.38. The van der Waals surface area contributed by atoms with Crippen LogP contribution in [0.15, 0.2) is 42.6 Å². The molecule has 1 aliphatic heterocycles. The van der Waals surface area contributed by atoms with Gasteiger partial charge in [-0.15, -0.1) is 0 Å². The Morgan fingerprint density at radius 2 is 2.03 bits per heavy atom. The van der Waals surface area contributed by atoms with Gasteiger partial charge in [-0.3, -0.25) is 9.78 Å². The molecule has 0 atom stereocenters. The first kappa shape index (κ1) is 20.6. The summed E-state index contributed by atoms with van der Waals surface area (Å²) in [6.45, 7) is 2.96. The number of carbonyl (C=O) groups is 1. The summed E-state index contributed by atoms with van der Waals surface area (Å²) in [5.41, 5.74) is 3.12. The molecule has 1 amide bonds. The molecule has 1 N–H and O–H groups in total. The summed E-state index contributed by atoms with van der Waals surface area (Å²) in [7, 11) is 1.60. The number of rotatable bonds is 4. The topological polar surface area (TPSA) is 78.2 Å². The number of anilines is 2. The van der Waals surface area contributed by atoms with Crippen LogP contribution < -0.4 is 15.0 Å². The van der Waals surface area contributed by atoms with E-state index in [-0.39, 0.29) is 17.6 Å². The van der Waals surface area contributed by atoms with Crippen LogP contribution in [0.3, 0.4) is 0 Å². The normalized spacial score (nSPS) is 14.3. The molecule has 7 heteroatoms. The quantitative estimate of drug-likeness (QED) is 0.679.